The third kappa shape index (κ3) is 5.96. The first-order valence-corrected chi connectivity index (χ1v) is 11.4. The molecule has 2 N–H and O–H groups in total. The van der Waals surface area contributed by atoms with Gasteiger partial charge in [-0.05, 0) is 63.3 Å². The number of piperidine rings is 1. The van der Waals surface area contributed by atoms with Crippen LogP contribution in [0.2, 0.25) is 0 Å². The van der Waals surface area contributed by atoms with Crippen LogP contribution in [0.4, 0.5) is 0 Å². The molecular formula is C26H33N3O3. The lowest BCUT2D eigenvalue weighted by molar-refractivity contribution is -0.124. The van der Waals surface area contributed by atoms with Crippen LogP contribution in [0.5, 0.6) is 0 Å². The van der Waals surface area contributed by atoms with Crippen molar-refractivity contribution in [1.29, 1.82) is 0 Å². The Morgan fingerprint density at radius 3 is 1.97 bits per heavy atom. The Labute approximate surface area is 190 Å². The van der Waals surface area contributed by atoms with E-state index < -0.39 is 6.04 Å². The van der Waals surface area contributed by atoms with Crippen LogP contribution >= 0.6 is 0 Å². The van der Waals surface area contributed by atoms with Crippen LogP contribution in [0, 0.1) is 19.8 Å². The molecule has 1 saturated heterocycles. The topological polar surface area (TPSA) is 78.5 Å². The van der Waals surface area contributed by atoms with E-state index in [0.717, 1.165) is 17.5 Å². The first kappa shape index (κ1) is 23.5. The van der Waals surface area contributed by atoms with Crippen LogP contribution < -0.4 is 10.6 Å². The number of amides is 3. The number of carbonyl (C=O) groups excluding carboxylic acids is 3. The van der Waals surface area contributed by atoms with Gasteiger partial charge in [0.2, 0.25) is 5.91 Å². The van der Waals surface area contributed by atoms with Gasteiger partial charge in [0.1, 0.15) is 6.04 Å². The largest absolute Gasteiger partial charge is 0.354 e. The zero-order chi connectivity index (χ0) is 23.1. The van der Waals surface area contributed by atoms with Gasteiger partial charge in [-0.25, -0.2) is 0 Å². The van der Waals surface area contributed by atoms with E-state index in [1.165, 1.54) is 0 Å². The fourth-order valence-electron chi connectivity index (χ4n) is 4.00. The van der Waals surface area contributed by atoms with Crippen molar-refractivity contribution in [3.05, 3.63) is 70.8 Å². The normalized spacial score (nSPS) is 15.2. The van der Waals surface area contributed by atoms with Crippen LogP contribution in [-0.2, 0) is 4.79 Å². The molecular weight excluding hydrogens is 402 g/mol. The minimum Gasteiger partial charge on any atom is -0.354 e. The lowest BCUT2D eigenvalue weighted by atomic mass is 9.88. The third-order valence-corrected chi connectivity index (χ3v) is 6.03. The average molecular weight is 436 g/mol. The van der Waals surface area contributed by atoms with Crippen molar-refractivity contribution < 1.29 is 14.4 Å². The summed E-state index contributed by atoms with van der Waals surface area (Å²) >= 11 is 0. The number of carbonyl (C=O) groups is 3. The summed E-state index contributed by atoms with van der Waals surface area (Å²) in [7, 11) is 0. The first-order valence-electron chi connectivity index (χ1n) is 11.4. The van der Waals surface area contributed by atoms with Crippen molar-refractivity contribution in [3.63, 3.8) is 0 Å². The smallest absolute Gasteiger partial charge is 0.253 e. The molecule has 1 atom stereocenters. The molecule has 0 bridgehead atoms. The molecule has 2 aromatic rings. The Bertz CT molecular complexity index is 930. The summed E-state index contributed by atoms with van der Waals surface area (Å²) in [5, 5.41) is 5.89. The lowest BCUT2D eigenvalue weighted by Gasteiger charge is -2.36. The summed E-state index contributed by atoms with van der Waals surface area (Å²) < 4.78 is 0. The lowest BCUT2D eigenvalue weighted by Crippen LogP contribution is -2.54. The molecule has 1 aliphatic heterocycles. The van der Waals surface area contributed by atoms with Crippen LogP contribution in [0.25, 0.3) is 0 Å². The number of hydrogen-bond acceptors (Lipinski definition) is 3. The molecule has 3 amide bonds. The standard InChI is InChI=1S/C26H33N3O3/c1-4-15-27-25(31)23(28-24(30)21-9-5-18(2)6-10-21)20-13-16-29(17-14-20)26(32)22-11-7-19(3)8-12-22/h5-12,20,23H,4,13-17H2,1-3H3,(H,27,31)(H,28,30)/t23-/m0/s1. The highest BCUT2D eigenvalue weighted by Gasteiger charge is 2.34. The highest BCUT2D eigenvalue weighted by molar-refractivity contribution is 5.97. The minimum absolute atomic E-state index is 0.0131. The predicted octanol–water partition coefficient (Wildman–Crippen LogP) is 3.48. The molecule has 0 radical (unpaired) electrons. The van der Waals surface area contributed by atoms with E-state index >= 15 is 0 Å². The summed E-state index contributed by atoms with van der Waals surface area (Å²) in [5.41, 5.74) is 3.41. The molecule has 0 saturated carbocycles. The van der Waals surface area contributed by atoms with Crippen molar-refractivity contribution in [2.75, 3.05) is 19.6 Å². The molecule has 170 valence electrons. The number of benzene rings is 2. The molecule has 0 aromatic heterocycles. The summed E-state index contributed by atoms with van der Waals surface area (Å²) in [6.45, 7) is 7.66. The van der Waals surface area contributed by atoms with Gasteiger partial charge >= 0.3 is 0 Å². The zero-order valence-corrected chi connectivity index (χ0v) is 19.2. The fourth-order valence-corrected chi connectivity index (χ4v) is 4.00. The van der Waals surface area contributed by atoms with Gasteiger partial charge in [-0.2, -0.15) is 0 Å². The number of nitrogens with zero attached hydrogens (tertiary/aromatic N) is 1. The number of nitrogens with one attached hydrogen (secondary N) is 2. The van der Waals surface area contributed by atoms with Gasteiger partial charge in [0, 0.05) is 30.8 Å². The molecule has 32 heavy (non-hydrogen) atoms. The average Bonchev–Trinajstić information content (AvgIpc) is 2.81. The monoisotopic (exact) mass is 435 g/mol. The van der Waals surface area contributed by atoms with Crippen molar-refractivity contribution in [3.8, 4) is 0 Å². The van der Waals surface area contributed by atoms with Crippen molar-refractivity contribution in [1.82, 2.24) is 15.5 Å². The second kappa shape index (κ2) is 10.9. The molecule has 0 spiro atoms. The molecule has 1 heterocycles. The van der Waals surface area contributed by atoms with E-state index in [0.29, 0.717) is 43.6 Å². The van der Waals surface area contributed by atoms with Crippen LogP contribution in [0.15, 0.2) is 48.5 Å². The minimum atomic E-state index is -0.619. The number of aryl methyl sites for hydroxylation is 2. The highest BCUT2D eigenvalue weighted by atomic mass is 16.2. The van der Waals surface area contributed by atoms with E-state index in [-0.39, 0.29) is 23.6 Å². The molecule has 6 nitrogen and oxygen atoms in total. The zero-order valence-electron chi connectivity index (χ0n) is 19.2. The first-order chi connectivity index (χ1) is 15.4. The summed E-state index contributed by atoms with van der Waals surface area (Å²) in [4.78, 5) is 40.4. The SMILES string of the molecule is CCCNC(=O)[C@@H](NC(=O)c1ccc(C)cc1)C1CCN(C(=O)c2ccc(C)cc2)CC1. The van der Waals surface area contributed by atoms with Crippen molar-refractivity contribution >= 4 is 17.7 Å². The van der Waals surface area contributed by atoms with Crippen molar-refractivity contribution in [2.45, 2.75) is 46.1 Å². The van der Waals surface area contributed by atoms with E-state index in [1.807, 2.05) is 62.1 Å². The van der Waals surface area contributed by atoms with Gasteiger partial charge in [-0.15, -0.1) is 0 Å². The number of likely N-dealkylation sites (tertiary alicyclic amines) is 1. The van der Waals surface area contributed by atoms with Gasteiger partial charge in [0.05, 0.1) is 0 Å². The van der Waals surface area contributed by atoms with E-state index in [2.05, 4.69) is 10.6 Å². The quantitative estimate of drug-likeness (QED) is 0.699. The predicted molar refractivity (Wildman–Crippen MR) is 126 cm³/mol. The van der Waals surface area contributed by atoms with Gasteiger partial charge in [-0.1, -0.05) is 42.3 Å². The molecule has 1 fully saturated rings. The van der Waals surface area contributed by atoms with Crippen LogP contribution in [-0.4, -0.2) is 48.3 Å². The molecule has 6 heteroatoms. The summed E-state index contributed by atoms with van der Waals surface area (Å²) in [6, 6.07) is 14.3. The Morgan fingerprint density at radius 2 is 1.44 bits per heavy atom. The molecule has 3 rings (SSSR count). The Kier molecular flexibility index (Phi) is 8.03. The van der Waals surface area contributed by atoms with Crippen LogP contribution in [0.3, 0.4) is 0 Å². The van der Waals surface area contributed by atoms with E-state index in [9.17, 15) is 14.4 Å². The maximum Gasteiger partial charge on any atom is 0.253 e. The second-order valence-corrected chi connectivity index (χ2v) is 8.60. The Morgan fingerprint density at radius 1 is 0.906 bits per heavy atom. The molecule has 0 unspecified atom stereocenters. The Balaban J connectivity index is 1.66. The number of rotatable bonds is 7. The van der Waals surface area contributed by atoms with E-state index in [4.69, 9.17) is 0 Å². The number of hydrogen-bond donors (Lipinski definition) is 2. The maximum atomic E-state index is 12.9. The van der Waals surface area contributed by atoms with Gasteiger partial charge in [0.25, 0.3) is 11.8 Å². The Hall–Kier alpha value is -3.15. The highest BCUT2D eigenvalue weighted by Crippen LogP contribution is 2.23. The summed E-state index contributed by atoms with van der Waals surface area (Å²) in [6.07, 6.45) is 2.15. The van der Waals surface area contributed by atoms with Crippen LogP contribution in [0.1, 0.15) is 58.0 Å². The fraction of sp³-hybridized carbons (Fsp3) is 0.423. The van der Waals surface area contributed by atoms with Gasteiger partial charge < -0.3 is 15.5 Å². The van der Waals surface area contributed by atoms with E-state index in [1.54, 1.807) is 12.1 Å². The van der Waals surface area contributed by atoms with Gasteiger partial charge in [-0.3, -0.25) is 14.4 Å². The summed E-state index contributed by atoms with van der Waals surface area (Å²) in [5.74, 6) is -0.419. The molecule has 0 aliphatic carbocycles. The maximum absolute atomic E-state index is 12.9. The molecule has 1 aliphatic rings. The van der Waals surface area contributed by atoms with Gasteiger partial charge in [0.15, 0.2) is 0 Å². The third-order valence-electron chi connectivity index (χ3n) is 6.03. The second-order valence-electron chi connectivity index (χ2n) is 8.60. The molecule has 2 aromatic carbocycles. The van der Waals surface area contributed by atoms with Crippen molar-refractivity contribution in [2.24, 2.45) is 5.92 Å².